The summed E-state index contributed by atoms with van der Waals surface area (Å²) < 4.78 is 0. The number of nitrogens with two attached hydrogens (primary N) is 1. The summed E-state index contributed by atoms with van der Waals surface area (Å²) in [4.78, 5) is 11.8. The Bertz CT molecular complexity index is 210. The molecule has 0 bridgehead atoms. The Morgan fingerprint density at radius 3 is 2.90 bits per heavy atom. The molecule has 0 radical (unpaired) electrons. The highest BCUT2D eigenvalue weighted by Gasteiger charge is 2.08. The van der Waals surface area contributed by atoms with Gasteiger partial charge in [-0.05, 0) is 12.2 Å². The van der Waals surface area contributed by atoms with Gasteiger partial charge in [-0.15, -0.1) is 0 Å². The zero-order valence-electron chi connectivity index (χ0n) is 5.25. The molecule has 0 saturated heterocycles. The van der Waals surface area contributed by atoms with Crippen molar-refractivity contribution in [2.45, 2.75) is 0 Å². The predicted octanol–water partition coefficient (Wildman–Crippen LogP) is 1.02. The molecule has 10 heavy (non-hydrogen) atoms. The minimum Gasteiger partial charge on any atom is -0.351 e. The van der Waals surface area contributed by atoms with Crippen LogP contribution in [0.15, 0.2) is 23.4 Å². The zero-order chi connectivity index (χ0) is 7.56. The van der Waals surface area contributed by atoms with Gasteiger partial charge in [0.2, 0.25) is 0 Å². The molecular weight excluding hydrogens is 152 g/mol. The van der Waals surface area contributed by atoms with E-state index in [0.717, 1.165) is 0 Å². The van der Waals surface area contributed by atoms with Crippen molar-refractivity contribution in [1.82, 2.24) is 4.90 Å². The molecule has 1 aliphatic rings. The van der Waals surface area contributed by atoms with Crippen LogP contribution in [0.3, 0.4) is 0 Å². The Labute approximate surface area is 63.7 Å². The molecule has 0 atom stereocenters. The van der Waals surface area contributed by atoms with Gasteiger partial charge in [0, 0.05) is 11.2 Å². The Hall–Kier alpha value is -0.960. The summed E-state index contributed by atoms with van der Waals surface area (Å²) in [5.74, 6) is 0. The minimum atomic E-state index is -0.484. The van der Waals surface area contributed by atoms with Gasteiger partial charge in [-0.3, -0.25) is 4.90 Å². The topological polar surface area (TPSA) is 46.3 Å². The van der Waals surface area contributed by atoms with Gasteiger partial charge in [0.1, 0.15) is 0 Å². The van der Waals surface area contributed by atoms with E-state index in [1.54, 1.807) is 18.4 Å². The van der Waals surface area contributed by atoms with E-state index < -0.39 is 6.03 Å². The summed E-state index contributed by atoms with van der Waals surface area (Å²) in [5, 5.41) is 0.612. The maximum absolute atomic E-state index is 10.5. The van der Waals surface area contributed by atoms with Gasteiger partial charge in [0.15, 0.2) is 0 Å². The highest BCUT2D eigenvalue weighted by Crippen LogP contribution is 2.09. The molecule has 1 heterocycles. The van der Waals surface area contributed by atoms with Crippen LogP contribution < -0.4 is 5.73 Å². The molecule has 0 fully saturated rings. The average Bonchev–Trinajstić information content (AvgIpc) is 1.88. The van der Waals surface area contributed by atoms with Crippen molar-refractivity contribution in [2.75, 3.05) is 6.54 Å². The van der Waals surface area contributed by atoms with Crippen molar-refractivity contribution in [1.29, 1.82) is 0 Å². The fourth-order valence-electron chi connectivity index (χ4n) is 0.671. The summed E-state index contributed by atoms with van der Waals surface area (Å²) in [6.45, 7) is 0.382. The second-order valence-corrected chi connectivity index (χ2v) is 2.41. The van der Waals surface area contributed by atoms with Gasteiger partial charge in [0.05, 0.1) is 6.54 Å². The van der Waals surface area contributed by atoms with E-state index in [4.69, 9.17) is 17.3 Å². The van der Waals surface area contributed by atoms with Crippen molar-refractivity contribution in [3.8, 4) is 0 Å². The van der Waals surface area contributed by atoms with Gasteiger partial charge < -0.3 is 5.73 Å². The van der Waals surface area contributed by atoms with Gasteiger partial charge in [-0.2, -0.15) is 0 Å². The molecule has 54 valence electrons. The molecule has 2 amide bonds. The van der Waals surface area contributed by atoms with Crippen LogP contribution >= 0.6 is 11.6 Å². The largest absolute Gasteiger partial charge is 0.351 e. The molecule has 1 rings (SSSR count). The van der Waals surface area contributed by atoms with E-state index in [1.807, 2.05) is 0 Å². The first-order chi connectivity index (χ1) is 4.70. The third-order valence-electron chi connectivity index (χ3n) is 1.15. The van der Waals surface area contributed by atoms with Crippen LogP contribution in [0, 0.1) is 0 Å². The monoisotopic (exact) mass is 158 g/mol. The molecule has 2 N–H and O–H groups in total. The lowest BCUT2D eigenvalue weighted by Crippen LogP contribution is -2.32. The first kappa shape index (κ1) is 7.15. The lowest BCUT2D eigenvalue weighted by molar-refractivity contribution is 0.227. The van der Waals surface area contributed by atoms with Crippen LogP contribution in [-0.2, 0) is 0 Å². The standard InChI is InChI=1S/C6H7ClN2O/c7-5-2-1-3-9(4-5)6(8)10/h1-3H,4H2,(H2,8,10). The quantitative estimate of drug-likeness (QED) is 0.562. The lowest BCUT2D eigenvalue weighted by atomic mass is 10.3. The molecule has 3 nitrogen and oxygen atoms in total. The van der Waals surface area contributed by atoms with Crippen molar-refractivity contribution < 1.29 is 4.79 Å². The molecule has 0 aromatic rings. The van der Waals surface area contributed by atoms with Crippen molar-refractivity contribution in [3.63, 3.8) is 0 Å². The number of amides is 2. The smallest absolute Gasteiger partial charge is 0.319 e. The first-order valence-electron chi connectivity index (χ1n) is 2.79. The fourth-order valence-corrected chi connectivity index (χ4v) is 0.872. The Balaban J connectivity index is 2.64. The number of primary amides is 1. The maximum atomic E-state index is 10.5. The molecule has 0 aromatic carbocycles. The number of halogens is 1. The molecule has 0 saturated carbocycles. The van der Waals surface area contributed by atoms with Gasteiger partial charge >= 0.3 is 6.03 Å². The van der Waals surface area contributed by atoms with Crippen LogP contribution in [0.4, 0.5) is 4.79 Å². The highest BCUT2D eigenvalue weighted by molar-refractivity contribution is 6.30. The number of carbonyl (C=O) groups excluding carboxylic acids is 1. The predicted molar refractivity (Wildman–Crippen MR) is 39.4 cm³/mol. The van der Waals surface area contributed by atoms with Crippen LogP contribution in [-0.4, -0.2) is 17.5 Å². The second-order valence-electron chi connectivity index (χ2n) is 1.92. The number of carbonyl (C=O) groups is 1. The van der Waals surface area contributed by atoms with Gasteiger partial charge in [-0.25, -0.2) is 4.79 Å². The number of allylic oxidation sites excluding steroid dienone is 2. The van der Waals surface area contributed by atoms with Crippen molar-refractivity contribution in [2.24, 2.45) is 5.73 Å². The molecule has 4 heteroatoms. The zero-order valence-corrected chi connectivity index (χ0v) is 6.01. The number of urea groups is 1. The van der Waals surface area contributed by atoms with Crippen molar-refractivity contribution in [3.05, 3.63) is 23.4 Å². The summed E-state index contributed by atoms with van der Waals surface area (Å²) in [5.41, 5.74) is 4.98. The highest BCUT2D eigenvalue weighted by atomic mass is 35.5. The van der Waals surface area contributed by atoms with Crippen molar-refractivity contribution >= 4 is 17.6 Å². The third-order valence-corrected chi connectivity index (χ3v) is 1.39. The number of nitrogens with zero attached hydrogens (tertiary/aromatic N) is 1. The van der Waals surface area contributed by atoms with Crippen LogP contribution in [0.25, 0.3) is 0 Å². The van der Waals surface area contributed by atoms with E-state index in [-0.39, 0.29) is 0 Å². The molecule has 0 aliphatic carbocycles. The number of hydrogen-bond donors (Lipinski definition) is 1. The number of rotatable bonds is 0. The van der Waals surface area contributed by atoms with E-state index in [9.17, 15) is 4.79 Å². The third kappa shape index (κ3) is 1.51. The van der Waals surface area contributed by atoms with E-state index in [1.165, 1.54) is 4.90 Å². The Morgan fingerprint density at radius 1 is 1.80 bits per heavy atom. The van der Waals surface area contributed by atoms with Crippen LogP contribution in [0.5, 0.6) is 0 Å². The first-order valence-corrected chi connectivity index (χ1v) is 3.17. The number of hydrogen-bond acceptors (Lipinski definition) is 1. The van der Waals surface area contributed by atoms with Gasteiger partial charge in [0.25, 0.3) is 0 Å². The average molecular weight is 159 g/mol. The van der Waals surface area contributed by atoms with E-state index in [0.29, 0.717) is 11.6 Å². The van der Waals surface area contributed by atoms with Gasteiger partial charge in [-0.1, -0.05) is 11.6 Å². The summed E-state index contributed by atoms with van der Waals surface area (Å²) in [7, 11) is 0. The molecule has 0 aromatic heterocycles. The van der Waals surface area contributed by atoms with Crippen LogP contribution in [0.1, 0.15) is 0 Å². The summed E-state index contributed by atoms with van der Waals surface area (Å²) >= 11 is 5.62. The molecule has 1 aliphatic heterocycles. The second kappa shape index (κ2) is 2.75. The molecule has 0 unspecified atom stereocenters. The lowest BCUT2D eigenvalue weighted by Gasteiger charge is -2.16. The summed E-state index contributed by atoms with van der Waals surface area (Å²) in [6.07, 6.45) is 4.99. The maximum Gasteiger partial charge on any atom is 0.319 e. The minimum absolute atomic E-state index is 0.382. The Kier molecular flexibility index (Phi) is 1.97. The molecule has 0 spiro atoms. The fraction of sp³-hybridized carbons (Fsp3) is 0.167. The summed E-state index contributed by atoms with van der Waals surface area (Å²) in [6, 6.07) is -0.484. The van der Waals surface area contributed by atoms with E-state index in [2.05, 4.69) is 0 Å². The molecular formula is C6H7ClN2O. The normalized spacial score (nSPS) is 16.9. The van der Waals surface area contributed by atoms with Crippen LogP contribution in [0.2, 0.25) is 0 Å². The Morgan fingerprint density at radius 2 is 2.50 bits per heavy atom. The SMILES string of the molecule is NC(=O)N1C=CC=C(Cl)C1. The van der Waals surface area contributed by atoms with E-state index >= 15 is 0 Å².